The third kappa shape index (κ3) is 11.1. The van der Waals surface area contributed by atoms with Crippen molar-refractivity contribution in [3.8, 4) is 17.2 Å². The number of phenolic OH excluding ortho intramolecular Hbond substituents is 2. The lowest BCUT2D eigenvalue weighted by Crippen LogP contribution is -2.53. The molecule has 9 N–H and O–H groups in total. The van der Waals surface area contributed by atoms with Gasteiger partial charge in [0.05, 0.1) is 99.2 Å². The maximum atomic E-state index is 13.3. The number of benzene rings is 6. The van der Waals surface area contributed by atoms with Gasteiger partial charge in [0, 0.05) is 63.9 Å². The van der Waals surface area contributed by atoms with E-state index in [9.17, 15) is 48.0 Å². The van der Waals surface area contributed by atoms with Crippen molar-refractivity contribution in [1.82, 2.24) is 15.2 Å². The second-order valence-corrected chi connectivity index (χ2v) is 22.1. The SMILES string of the molecule is CC(=O)[C@]1(N)Cc2c(O)c3c(c(O)c2[C@@H](O[C@H]2C[C@H](O)[C@H](O)CO2)C1)C(=O)c1ccccc1C3=O.COc1cc(NS(C)(=O)=O)ccc1Nc1c2ccccc2nc2ccccc12.Cl.O=C1CN2Cc3c(ccc(Cl)c3Cl)N=C2N1. The fourth-order valence-electron chi connectivity index (χ4n) is 10.2. The number of aromatic nitrogens is 1. The molecule has 2 aliphatic carbocycles. The summed E-state index contributed by atoms with van der Waals surface area (Å²) in [6, 6.07) is 30.6. The molecule has 12 rings (SSSR count). The van der Waals surface area contributed by atoms with Gasteiger partial charge in [-0.15, -0.1) is 12.4 Å². The lowest BCUT2D eigenvalue weighted by atomic mass is 9.71. The van der Waals surface area contributed by atoms with Crippen LogP contribution in [0.3, 0.4) is 0 Å². The van der Waals surface area contributed by atoms with Gasteiger partial charge in [0.2, 0.25) is 21.9 Å². The number of ketones is 3. The smallest absolute Gasteiger partial charge is 0.246 e. The van der Waals surface area contributed by atoms with Gasteiger partial charge in [-0.05, 0) is 43.3 Å². The van der Waals surface area contributed by atoms with E-state index in [0.29, 0.717) is 40.5 Å². The number of fused-ring (bicyclic) bond motifs is 7. The molecule has 2 fully saturated rings. The first kappa shape index (κ1) is 57.3. The number of hydrogen-bond acceptors (Lipinski definition) is 18. The van der Waals surface area contributed by atoms with Crippen molar-refractivity contribution in [1.29, 1.82) is 0 Å². The van der Waals surface area contributed by atoms with Crippen LogP contribution >= 0.6 is 35.6 Å². The number of nitrogens with two attached hydrogens (primary N) is 1. The van der Waals surface area contributed by atoms with E-state index in [1.807, 2.05) is 53.4 Å². The van der Waals surface area contributed by atoms with Crippen molar-refractivity contribution in [2.45, 2.75) is 62.9 Å². The Hall–Kier alpha value is -7.44. The number of carbonyl (C=O) groups excluding carboxylic acids is 4. The second kappa shape index (κ2) is 22.6. The van der Waals surface area contributed by atoms with Crippen LogP contribution in [0.2, 0.25) is 10.0 Å². The van der Waals surface area contributed by atoms with E-state index in [0.717, 1.165) is 50.7 Å². The summed E-state index contributed by atoms with van der Waals surface area (Å²) in [5, 5.41) is 51.4. The molecule has 5 atom stereocenters. The van der Waals surface area contributed by atoms with Gasteiger partial charge in [-0.1, -0.05) is 83.9 Å². The van der Waals surface area contributed by atoms with Crippen LogP contribution in [0.4, 0.5) is 22.7 Å². The number of halogens is 3. The van der Waals surface area contributed by atoms with Crippen LogP contribution in [0.15, 0.2) is 108 Å². The number of hydrogen-bond donors (Lipinski definition) is 8. The summed E-state index contributed by atoms with van der Waals surface area (Å²) >= 11 is 12.0. The maximum Gasteiger partial charge on any atom is 0.246 e. The van der Waals surface area contributed by atoms with Gasteiger partial charge < -0.3 is 50.6 Å². The summed E-state index contributed by atoms with van der Waals surface area (Å²) in [6.07, 6.45) is -3.62. The molecule has 4 heterocycles. The van der Waals surface area contributed by atoms with Crippen LogP contribution in [0, 0.1) is 0 Å². The number of methoxy groups -OCH3 is 1. The highest BCUT2D eigenvalue weighted by Crippen LogP contribution is 2.52. The fraction of sp³-hybridized carbons (Fsp3) is 0.250. The summed E-state index contributed by atoms with van der Waals surface area (Å²) in [7, 11) is -1.82. The molecule has 0 saturated carbocycles. The van der Waals surface area contributed by atoms with Gasteiger partial charge >= 0.3 is 0 Å². The Balaban J connectivity index is 0.000000153. The van der Waals surface area contributed by atoms with E-state index < -0.39 is 69.0 Å². The van der Waals surface area contributed by atoms with Crippen LogP contribution < -0.4 is 25.8 Å². The van der Waals surface area contributed by atoms with Gasteiger partial charge in [-0.25, -0.2) is 18.4 Å². The Kier molecular flexibility index (Phi) is 16.2. The Morgan fingerprint density at radius 1 is 0.863 bits per heavy atom. The zero-order valence-electron chi connectivity index (χ0n) is 42.8. The van der Waals surface area contributed by atoms with Crippen molar-refractivity contribution in [2.24, 2.45) is 10.7 Å². The molecule has 0 unspecified atom stereocenters. The van der Waals surface area contributed by atoms with Crippen molar-refractivity contribution < 1.29 is 62.2 Å². The first-order valence-electron chi connectivity index (χ1n) is 24.7. The number of aliphatic hydroxyl groups excluding tert-OH is 2. The molecule has 20 nitrogen and oxygen atoms in total. The highest BCUT2D eigenvalue weighted by molar-refractivity contribution is 7.92. The molecule has 24 heteroatoms. The van der Waals surface area contributed by atoms with Gasteiger partial charge in [-0.2, -0.15) is 0 Å². The standard InChI is InChI=1S/C25H25NO9.C21H19N3O3S.C10H7Cl2N3O.ClH/c1-10(27)25(26)7-13-18(16(8-25)35-17-6-14(28)15(29)9-34-17)24(33)20-19(23(13)32)21(30)11-4-2-3-5-12(11)22(20)31;1-27-20-13-14(24-28(2,25)26)11-12-19(20)23-21-15-7-3-5-9-17(15)22-18-10-6-4-8-16(18)21;11-6-1-2-7-5(9(6)12)3-15-4-8(16)14-10(15)13-7;/h2-5,14-17,28-29,32-33H,6-9,26H2,1H3;3-13,24H,1-2H3,(H,22,23);1-2H,3-4H2,(H,13,14,16);1H/t14-,15+,16-,17-,25-;;;/m0.../s1. The van der Waals surface area contributed by atoms with Crippen molar-refractivity contribution in [3.05, 3.63) is 152 Å². The van der Waals surface area contributed by atoms with Crippen LogP contribution in [-0.4, -0.2) is 118 Å². The number of Topliss-reactive ketones (excluding diaryl/α,β-unsaturated/α-hetero) is 1. The van der Waals surface area contributed by atoms with Crippen molar-refractivity contribution in [2.75, 3.05) is 36.6 Å². The van der Waals surface area contributed by atoms with E-state index >= 15 is 0 Å². The minimum absolute atomic E-state index is 0. The highest BCUT2D eigenvalue weighted by atomic mass is 35.5. The Labute approximate surface area is 473 Å². The van der Waals surface area contributed by atoms with Gasteiger partial charge in [0.25, 0.3) is 0 Å². The third-order valence-electron chi connectivity index (χ3n) is 14.2. The number of aromatic hydroxyl groups is 2. The van der Waals surface area contributed by atoms with E-state index in [4.69, 9.17) is 48.1 Å². The van der Waals surface area contributed by atoms with Crippen LogP contribution in [0.25, 0.3) is 21.8 Å². The predicted molar refractivity (Wildman–Crippen MR) is 303 cm³/mol. The molecule has 7 aromatic rings. The number of sulfonamides is 1. The topological polar surface area (TPSA) is 302 Å². The average molecular weight is 1170 g/mol. The summed E-state index contributed by atoms with van der Waals surface area (Å²) in [6.45, 7) is 1.98. The Morgan fingerprint density at radius 2 is 1.49 bits per heavy atom. The predicted octanol–water partition coefficient (Wildman–Crippen LogP) is 7.49. The van der Waals surface area contributed by atoms with Crippen molar-refractivity contribution in [3.63, 3.8) is 0 Å². The number of aliphatic imine (C=N–C) groups is 1. The van der Waals surface area contributed by atoms with Crippen molar-refractivity contribution >= 4 is 119 Å². The number of pyridine rings is 1. The summed E-state index contributed by atoms with van der Waals surface area (Å²) < 4.78 is 42.4. The summed E-state index contributed by atoms with van der Waals surface area (Å²) in [4.78, 5) is 61.1. The van der Waals surface area contributed by atoms with Gasteiger partial charge in [0.15, 0.2) is 17.9 Å². The normalized spacial score (nSPS) is 20.6. The van der Waals surface area contributed by atoms with Crippen LogP contribution in [0.1, 0.15) is 74.4 Å². The number of nitrogens with zero attached hydrogens (tertiary/aromatic N) is 3. The molecule has 5 aliphatic rings. The fourth-order valence-corrected chi connectivity index (χ4v) is 11.1. The summed E-state index contributed by atoms with van der Waals surface area (Å²) in [5.41, 5.74) is 9.96. The average Bonchev–Trinajstić information content (AvgIpc) is 3.93. The highest BCUT2D eigenvalue weighted by Gasteiger charge is 2.48. The van der Waals surface area contributed by atoms with E-state index in [1.165, 1.54) is 19.1 Å². The van der Waals surface area contributed by atoms with Gasteiger partial charge in [-0.3, -0.25) is 29.2 Å². The third-order valence-corrected chi connectivity index (χ3v) is 15.6. The number of guanidine groups is 1. The molecule has 6 aromatic carbocycles. The molecule has 3 aliphatic heterocycles. The van der Waals surface area contributed by atoms with E-state index in [-0.39, 0.29) is 77.6 Å². The number of nitrogens with one attached hydrogen (secondary N) is 3. The number of amides is 1. The lowest BCUT2D eigenvalue weighted by Gasteiger charge is -2.41. The molecular formula is C56H52Cl3N7O13S. The number of aliphatic hydroxyl groups is 2. The molecule has 1 aromatic heterocycles. The second-order valence-electron chi connectivity index (χ2n) is 19.5. The molecule has 1 amide bonds. The molecule has 0 radical (unpaired) electrons. The molecule has 2 saturated heterocycles. The largest absolute Gasteiger partial charge is 0.507 e. The van der Waals surface area contributed by atoms with Crippen LogP contribution in [-0.2, 0) is 42.1 Å². The zero-order chi connectivity index (χ0) is 56.2. The number of rotatable bonds is 8. The quantitative estimate of drug-likeness (QED) is 0.0540. The number of para-hydroxylation sites is 2. The molecule has 416 valence electrons. The lowest BCUT2D eigenvalue weighted by molar-refractivity contribution is -0.238. The van der Waals surface area contributed by atoms with E-state index in [1.54, 1.807) is 49.6 Å². The van der Waals surface area contributed by atoms with Gasteiger partial charge in [0.1, 0.15) is 35.7 Å². The first-order valence-corrected chi connectivity index (χ1v) is 27.3. The minimum Gasteiger partial charge on any atom is -0.507 e. The zero-order valence-corrected chi connectivity index (χ0v) is 46.0. The molecular weight excluding hydrogens is 1120 g/mol. The minimum atomic E-state index is -3.37. The van der Waals surface area contributed by atoms with E-state index in [2.05, 4.69) is 20.3 Å². The molecule has 0 spiro atoms. The number of phenols is 2. The number of anilines is 3. The first-order chi connectivity index (χ1) is 37.6. The Bertz CT molecular complexity index is 3800. The monoisotopic (exact) mass is 1170 g/mol. The maximum absolute atomic E-state index is 13.3. The van der Waals surface area contributed by atoms with Crippen LogP contribution in [0.5, 0.6) is 17.2 Å². The number of ether oxygens (including phenoxy) is 3. The number of carbonyl (C=O) groups is 4. The summed E-state index contributed by atoms with van der Waals surface area (Å²) in [5.74, 6) is -1.66. The molecule has 80 heavy (non-hydrogen) atoms. The molecule has 0 bridgehead atoms. The Morgan fingerprint density at radius 3 is 2.10 bits per heavy atom.